The Hall–Kier alpha value is -1.35. The predicted molar refractivity (Wildman–Crippen MR) is 81.9 cm³/mol. The van der Waals surface area contributed by atoms with Crippen molar-refractivity contribution in [3.63, 3.8) is 0 Å². The van der Waals surface area contributed by atoms with Crippen LogP contribution in [-0.2, 0) is 11.2 Å². The largest absolute Gasteiger partial charge is 0.353 e. The number of aryl methyl sites for hydroxylation is 1. The highest BCUT2D eigenvalue weighted by Gasteiger charge is 2.22. The van der Waals surface area contributed by atoms with E-state index in [0.29, 0.717) is 12.5 Å². The lowest BCUT2D eigenvalue weighted by molar-refractivity contribution is -0.905. The Labute approximate surface area is 122 Å². The van der Waals surface area contributed by atoms with E-state index in [0.717, 1.165) is 18.4 Å². The van der Waals surface area contributed by atoms with Gasteiger partial charge in [-0.25, -0.2) is 0 Å². The molecule has 1 aliphatic rings. The number of quaternary nitrogens is 1. The van der Waals surface area contributed by atoms with Crippen molar-refractivity contribution in [1.29, 1.82) is 0 Å². The molecule has 2 rings (SSSR count). The van der Waals surface area contributed by atoms with Gasteiger partial charge >= 0.3 is 0 Å². The number of carbonyl (C=O) groups excluding carboxylic acids is 1. The smallest absolute Gasteiger partial charge is 0.224 e. The van der Waals surface area contributed by atoms with Gasteiger partial charge in [0.2, 0.25) is 5.91 Å². The van der Waals surface area contributed by atoms with Gasteiger partial charge in [-0.05, 0) is 24.5 Å². The van der Waals surface area contributed by atoms with Gasteiger partial charge in [-0.1, -0.05) is 31.2 Å². The van der Waals surface area contributed by atoms with Crippen molar-refractivity contribution in [1.82, 2.24) is 5.32 Å². The van der Waals surface area contributed by atoms with Gasteiger partial charge in [0.05, 0.1) is 26.1 Å². The zero-order valence-corrected chi connectivity index (χ0v) is 12.7. The van der Waals surface area contributed by atoms with E-state index >= 15 is 0 Å². The molecule has 1 aromatic carbocycles. The van der Waals surface area contributed by atoms with Crippen LogP contribution in [0.1, 0.15) is 37.3 Å². The second kappa shape index (κ2) is 7.44. The summed E-state index contributed by atoms with van der Waals surface area (Å²) >= 11 is 0. The second-order valence-electron chi connectivity index (χ2n) is 5.95. The van der Waals surface area contributed by atoms with E-state index in [2.05, 4.69) is 25.2 Å². The van der Waals surface area contributed by atoms with Crippen LogP contribution in [0.25, 0.3) is 0 Å². The molecule has 0 aliphatic carbocycles. The van der Waals surface area contributed by atoms with Crippen molar-refractivity contribution in [3.8, 4) is 0 Å². The van der Waals surface area contributed by atoms with Gasteiger partial charge in [0.1, 0.15) is 0 Å². The molecule has 0 spiro atoms. The van der Waals surface area contributed by atoms with Crippen LogP contribution in [0.4, 0.5) is 0 Å². The third kappa shape index (κ3) is 4.34. The standard InChI is InChI=1S/C17H26N2O/c1-3-10-19-11-8-16(9-12-19)18-17(20)13-15-7-5-4-6-14(15)2/h4-7,16H,3,8-13H2,1-2H3,(H,18,20)/p+1. The quantitative estimate of drug-likeness (QED) is 0.829. The molecule has 1 fully saturated rings. The van der Waals surface area contributed by atoms with Gasteiger partial charge in [0.25, 0.3) is 0 Å². The normalized spacial score (nSPS) is 22.5. The Morgan fingerprint density at radius 1 is 1.30 bits per heavy atom. The number of piperidine rings is 1. The fourth-order valence-electron chi connectivity index (χ4n) is 3.03. The summed E-state index contributed by atoms with van der Waals surface area (Å²) in [6.45, 7) is 7.97. The predicted octanol–water partition coefficient (Wildman–Crippen LogP) is 1.11. The fourth-order valence-corrected chi connectivity index (χ4v) is 3.03. The first-order valence-corrected chi connectivity index (χ1v) is 7.86. The molecule has 2 N–H and O–H groups in total. The van der Waals surface area contributed by atoms with E-state index in [1.165, 1.54) is 31.6 Å². The Kier molecular flexibility index (Phi) is 5.60. The summed E-state index contributed by atoms with van der Waals surface area (Å²) in [6, 6.07) is 8.51. The second-order valence-corrected chi connectivity index (χ2v) is 5.95. The summed E-state index contributed by atoms with van der Waals surface area (Å²) in [5, 5.41) is 3.20. The van der Waals surface area contributed by atoms with Crippen LogP contribution in [0.15, 0.2) is 24.3 Å². The lowest BCUT2D eigenvalue weighted by Gasteiger charge is -2.29. The van der Waals surface area contributed by atoms with Gasteiger partial charge in [-0.3, -0.25) is 4.79 Å². The molecule has 1 amide bonds. The van der Waals surface area contributed by atoms with Crippen molar-refractivity contribution in [2.75, 3.05) is 19.6 Å². The van der Waals surface area contributed by atoms with Gasteiger partial charge in [-0.15, -0.1) is 0 Å². The zero-order valence-electron chi connectivity index (χ0n) is 12.7. The highest BCUT2D eigenvalue weighted by atomic mass is 16.1. The van der Waals surface area contributed by atoms with Gasteiger partial charge in [-0.2, -0.15) is 0 Å². The molecular weight excluding hydrogens is 248 g/mol. The zero-order chi connectivity index (χ0) is 14.4. The summed E-state index contributed by atoms with van der Waals surface area (Å²) in [6.07, 6.45) is 4.00. The third-order valence-corrected chi connectivity index (χ3v) is 4.27. The number of rotatable bonds is 5. The lowest BCUT2D eigenvalue weighted by atomic mass is 10.0. The van der Waals surface area contributed by atoms with E-state index in [9.17, 15) is 4.79 Å². The Balaban J connectivity index is 1.77. The van der Waals surface area contributed by atoms with Crippen molar-refractivity contribution in [2.45, 2.75) is 45.6 Å². The molecule has 0 saturated carbocycles. The minimum Gasteiger partial charge on any atom is -0.353 e. The molecular formula is C17H27N2O+. The topological polar surface area (TPSA) is 33.5 Å². The monoisotopic (exact) mass is 275 g/mol. The lowest BCUT2D eigenvalue weighted by Crippen LogP contribution is -3.13. The molecule has 0 atom stereocenters. The average molecular weight is 275 g/mol. The van der Waals surface area contributed by atoms with E-state index in [1.54, 1.807) is 4.90 Å². The maximum Gasteiger partial charge on any atom is 0.224 e. The Morgan fingerprint density at radius 3 is 2.65 bits per heavy atom. The molecule has 0 unspecified atom stereocenters. The van der Waals surface area contributed by atoms with Crippen LogP contribution in [0, 0.1) is 6.92 Å². The van der Waals surface area contributed by atoms with E-state index in [1.807, 2.05) is 18.2 Å². The molecule has 3 heteroatoms. The highest BCUT2D eigenvalue weighted by molar-refractivity contribution is 5.79. The molecule has 1 saturated heterocycles. The Morgan fingerprint density at radius 2 is 2.00 bits per heavy atom. The number of hydrogen-bond acceptors (Lipinski definition) is 1. The van der Waals surface area contributed by atoms with E-state index in [4.69, 9.17) is 0 Å². The van der Waals surface area contributed by atoms with Crippen LogP contribution in [0.3, 0.4) is 0 Å². The summed E-state index contributed by atoms with van der Waals surface area (Å²) in [5.41, 5.74) is 2.34. The van der Waals surface area contributed by atoms with Gasteiger partial charge in [0.15, 0.2) is 0 Å². The highest BCUT2D eigenvalue weighted by Crippen LogP contribution is 2.08. The first-order chi connectivity index (χ1) is 9.69. The number of nitrogens with one attached hydrogen (secondary N) is 2. The number of likely N-dealkylation sites (tertiary alicyclic amines) is 1. The third-order valence-electron chi connectivity index (χ3n) is 4.27. The number of carbonyl (C=O) groups is 1. The fraction of sp³-hybridized carbons (Fsp3) is 0.588. The van der Waals surface area contributed by atoms with Crippen LogP contribution in [0.5, 0.6) is 0 Å². The summed E-state index contributed by atoms with van der Waals surface area (Å²) in [7, 11) is 0. The van der Waals surface area contributed by atoms with Crippen molar-refractivity contribution >= 4 is 5.91 Å². The molecule has 0 bridgehead atoms. The minimum atomic E-state index is 0.170. The van der Waals surface area contributed by atoms with Crippen LogP contribution in [-0.4, -0.2) is 31.6 Å². The number of benzene rings is 1. The van der Waals surface area contributed by atoms with Gasteiger partial charge < -0.3 is 10.2 Å². The summed E-state index contributed by atoms with van der Waals surface area (Å²) < 4.78 is 0. The SMILES string of the molecule is CCC[NH+]1CCC(NC(=O)Cc2ccccc2C)CC1. The van der Waals surface area contributed by atoms with E-state index in [-0.39, 0.29) is 5.91 Å². The minimum absolute atomic E-state index is 0.170. The first-order valence-electron chi connectivity index (χ1n) is 7.86. The van der Waals surface area contributed by atoms with Crippen molar-refractivity contribution in [2.24, 2.45) is 0 Å². The average Bonchev–Trinajstić information content (AvgIpc) is 2.44. The van der Waals surface area contributed by atoms with Crippen LogP contribution >= 0.6 is 0 Å². The molecule has 20 heavy (non-hydrogen) atoms. The molecule has 0 radical (unpaired) electrons. The first kappa shape index (κ1) is 15.0. The molecule has 1 heterocycles. The molecule has 1 aromatic rings. The Bertz CT molecular complexity index is 436. The summed E-state index contributed by atoms with van der Waals surface area (Å²) in [4.78, 5) is 13.8. The molecule has 110 valence electrons. The van der Waals surface area contributed by atoms with Crippen LogP contribution < -0.4 is 10.2 Å². The molecule has 3 nitrogen and oxygen atoms in total. The van der Waals surface area contributed by atoms with Crippen molar-refractivity contribution < 1.29 is 9.69 Å². The van der Waals surface area contributed by atoms with Crippen LogP contribution in [0.2, 0.25) is 0 Å². The van der Waals surface area contributed by atoms with E-state index < -0.39 is 0 Å². The molecule has 0 aromatic heterocycles. The van der Waals surface area contributed by atoms with Crippen molar-refractivity contribution in [3.05, 3.63) is 35.4 Å². The van der Waals surface area contributed by atoms with Gasteiger partial charge in [0, 0.05) is 18.9 Å². The number of hydrogen-bond donors (Lipinski definition) is 2. The maximum atomic E-state index is 12.1. The molecule has 1 aliphatic heterocycles. The maximum absolute atomic E-state index is 12.1. The summed E-state index contributed by atoms with van der Waals surface area (Å²) in [5.74, 6) is 0.170. The number of amides is 1.